The highest BCUT2D eigenvalue weighted by Gasteiger charge is 2.19. The van der Waals surface area contributed by atoms with Crippen molar-refractivity contribution in [3.05, 3.63) is 45.7 Å². The molecular weight excluding hydrogens is 296 g/mol. The second-order valence-electron chi connectivity index (χ2n) is 3.99. The molecule has 0 N–H and O–H groups in total. The number of aryl methyl sites for hydroxylation is 1. The first-order valence-electron chi connectivity index (χ1n) is 5.45. The first kappa shape index (κ1) is 12.8. The van der Waals surface area contributed by atoms with Gasteiger partial charge in [-0.25, -0.2) is 9.48 Å². The summed E-state index contributed by atoms with van der Waals surface area (Å²) in [5.74, 6) is -0.448. The Labute approximate surface area is 114 Å². The predicted molar refractivity (Wildman–Crippen MR) is 72.1 cm³/mol. The average molecular weight is 309 g/mol. The van der Waals surface area contributed by atoms with E-state index in [2.05, 4.69) is 21.0 Å². The lowest BCUT2D eigenvalue weighted by Crippen LogP contribution is -2.04. The molecular formula is C13H13BrN2O2. The molecule has 0 radical (unpaired) electrons. The Kier molecular flexibility index (Phi) is 3.52. The summed E-state index contributed by atoms with van der Waals surface area (Å²) in [5, 5.41) is 4.28. The van der Waals surface area contributed by atoms with Crippen LogP contribution in [0.1, 0.15) is 21.7 Å². The molecule has 1 aromatic carbocycles. The van der Waals surface area contributed by atoms with Gasteiger partial charge in [-0.15, -0.1) is 0 Å². The van der Waals surface area contributed by atoms with Gasteiger partial charge in [0.25, 0.3) is 0 Å². The van der Waals surface area contributed by atoms with Crippen molar-refractivity contribution in [1.82, 2.24) is 9.78 Å². The van der Waals surface area contributed by atoms with E-state index in [0.29, 0.717) is 4.47 Å². The Morgan fingerprint density at radius 1 is 1.28 bits per heavy atom. The van der Waals surface area contributed by atoms with Crippen LogP contribution in [0.4, 0.5) is 0 Å². The van der Waals surface area contributed by atoms with Crippen molar-refractivity contribution in [3.8, 4) is 5.69 Å². The van der Waals surface area contributed by atoms with Gasteiger partial charge < -0.3 is 4.74 Å². The van der Waals surface area contributed by atoms with Crippen LogP contribution in [-0.4, -0.2) is 22.9 Å². The van der Waals surface area contributed by atoms with E-state index in [1.165, 1.54) is 12.7 Å². The van der Waals surface area contributed by atoms with E-state index >= 15 is 0 Å². The standard InChI is InChI=1S/C13H13BrN2O2/c1-8-4-6-10(7-5-8)16-9(2)11(14)12(15-16)13(17)18-3/h4-7H,1-3H3. The van der Waals surface area contributed by atoms with Gasteiger partial charge in [0.15, 0.2) is 5.69 Å². The van der Waals surface area contributed by atoms with Crippen LogP contribution >= 0.6 is 15.9 Å². The summed E-state index contributed by atoms with van der Waals surface area (Å²) < 4.78 is 7.08. The summed E-state index contributed by atoms with van der Waals surface area (Å²) in [6.07, 6.45) is 0. The third-order valence-electron chi connectivity index (χ3n) is 2.70. The van der Waals surface area contributed by atoms with E-state index in [9.17, 15) is 4.79 Å². The van der Waals surface area contributed by atoms with Gasteiger partial charge in [-0.05, 0) is 41.9 Å². The molecule has 2 aromatic rings. The molecule has 0 aliphatic heterocycles. The topological polar surface area (TPSA) is 44.1 Å². The molecule has 0 spiro atoms. The van der Waals surface area contributed by atoms with Crippen LogP contribution in [0.15, 0.2) is 28.7 Å². The van der Waals surface area contributed by atoms with Crippen LogP contribution in [0.3, 0.4) is 0 Å². The maximum atomic E-state index is 11.6. The van der Waals surface area contributed by atoms with Crippen LogP contribution in [0.5, 0.6) is 0 Å². The number of carbonyl (C=O) groups is 1. The molecule has 0 aliphatic rings. The van der Waals surface area contributed by atoms with Crippen molar-refractivity contribution >= 4 is 21.9 Å². The molecule has 0 bridgehead atoms. The van der Waals surface area contributed by atoms with Gasteiger partial charge in [-0.3, -0.25) is 0 Å². The number of benzene rings is 1. The lowest BCUT2D eigenvalue weighted by atomic mass is 10.2. The number of carbonyl (C=O) groups excluding carboxylic acids is 1. The summed E-state index contributed by atoms with van der Waals surface area (Å²) in [6.45, 7) is 3.92. The quantitative estimate of drug-likeness (QED) is 0.801. The Bertz CT molecular complexity index is 588. The molecule has 0 amide bonds. The summed E-state index contributed by atoms with van der Waals surface area (Å²) in [7, 11) is 1.34. The van der Waals surface area contributed by atoms with Gasteiger partial charge in [-0.2, -0.15) is 5.10 Å². The first-order valence-corrected chi connectivity index (χ1v) is 6.24. The monoisotopic (exact) mass is 308 g/mol. The van der Waals surface area contributed by atoms with E-state index in [1.54, 1.807) is 4.68 Å². The number of hydrogen-bond donors (Lipinski definition) is 0. The van der Waals surface area contributed by atoms with Crippen LogP contribution in [0.25, 0.3) is 5.69 Å². The van der Waals surface area contributed by atoms with Gasteiger partial charge in [-0.1, -0.05) is 17.7 Å². The number of halogens is 1. The molecule has 5 heteroatoms. The van der Waals surface area contributed by atoms with Gasteiger partial charge in [0, 0.05) is 0 Å². The number of methoxy groups -OCH3 is 1. The Balaban J connectivity index is 2.52. The molecule has 1 heterocycles. The fourth-order valence-electron chi connectivity index (χ4n) is 1.65. The normalized spacial score (nSPS) is 10.4. The lowest BCUT2D eigenvalue weighted by Gasteiger charge is -2.04. The van der Waals surface area contributed by atoms with E-state index in [-0.39, 0.29) is 5.69 Å². The smallest absolute Gasteiger partial charge is 0.359 e. The van der Waals surface area contributed by atoms with Crippen molar-refractivity contribution in [2.45, 2.75) is 13.8 Å². The van der Waals surface area contributed by atoms with Crippen molar-refractivity contribution in [2.24, 2.45) is 0 Å². The minimum Gasteiger partial charge on any atom is -0.464 e. The summed E-state index contributed by atoms with van der Waals surface area (Å²) in [6, 6.07) is 7.93. The Morgan fingerprint density at radius 2 is 1.89 bits per heavy atom. The van der Waals surface area contributed by atoms with Gasteiger partial charge in [0.2, 0.25) is 0 Å². The molecule has 0 saturated heterocycles. The predicted octanol–water partition coefficient (Wildman–Crippen LogP) is 3.04. The number of esters is 1. The van der Waals surface area contributed by atoms with E-state index in [0.717, 1.165) is 11.4 Å². The minimum absolute atomic E-state index is 0.288. The third-order valence-corrected chi connectivity index (χ3v) is 3.65. The molecule has 0 unspecified atom stereocenters. The van der Waals surface area contributed by atoms with Crippen molar-refractivity contribution in [1.29, 1.82) is 0 Å². The molecule has 0 fully saturated rings. The lowest BCUT2D eigenvalue weighted by molar-refractivity contribution is 0.0592. The van der Waals surface area contributed by atoms with Crippen LogP contribution in [-0.2, 0) is 4.74 Å². The highest BCUT2D eigenvalue weighted by molar-refractivity contribution is 9.10. The summed E-state index contributed by atoms with van der Waals surface area (Å²) in [5.41, 5.74) is 3.24. The molecule has 4 nitrogen and oxygen atoms in total. The Morgan fingerprint density at radius 3 is 2.44 bits per heavy atom. The zero-order valence-corrected chi connectivity index (χ0v) is 12.0. The second kappa shape index (κ2) is 4.94. The fourth-order valence-corrected chi connectivity index (χ4v) is 2.06. The fraction of sp³-hybridized carbons (Fsp3) is 0.231. The number of hydrogen-bond acceptors (Lipinski definition) is 3. The molecule has 2 rings (SSSR count). The Hall–Kier alpha value is -1.62. The molecule has 0 aliphatic carbocycles. The number of rotatable bonds is 2. The molecule has 94 valence electrons. The zero-order valence-electron chi connectivity index (χ0n) is 10.4. The number of aromatic nitrogens is 2. The van der Waals surface area contributed by atoms with Crippen LogP contribution < -0.4 is 0 Å². The minimum atomic E-state index is -0.448. The van der Waals surface area contributed by atoms with Gasteiger partial charge in [0.1, 0.15) is 0 Å². The molecule has 18 heavy (non-hydrogen) atoms. The third kappa shape index (κ3) is 2.18. The molecule has 0 saturated carbocycles. The van der Waals surface area contributed by atoms with Crippen molar-refractivity contribution < 1.29 is 9.53 Å². The van der Waals surface area contributed by atoms with Crippen LogP contribution in [0, 0.1) is 13.8 Å². The first-order chi connectivity index (χ1) is 8.54. The number of nitrogens with zero attached hydrogens (tertiary/aromatic N) is 2. The van der Waals surface area contributed by atoms with E-state index in [1.807, 2.05) is 38.1 Å². The maximum absolute atomic E-state index is 11.6. The van der Waals surface area contributed by atoms with Crippen molar-refractivity contribution in [2.75, 3.05) is 7.11 Å². The SMILES string of the molecule is COC(=O)c1nn(-c2ccc(C)cc2)c(C)c1Br. The molecule has 1 aromatic heterocycles. The van der Waals surface area contributed by atoms with Gasteiger partial charge in [0.05, 0.1) is 23.0 Å². The number of ether oxygens (including phenoxy) is 1. The highest BCUT2D eigenvalue weighted by Crippen LogP contribution is 2.24. The van der Waals surface area contributed by atoms with E-state index in [4.69, 9.17) is 4.74 Å². The zero-order chi connectivity index (χ0) is 13.3. The molecule has 0 atom stereocenters. The summed E-state index contributed by atoms with van der Waals surface area (Å²) in [4.78, 5) is 11.6. The van der Waals surface area contributed by atoms with Gasteiger partial charge >= 0.3 is 5.97 Å². The van der Waals surface area contributed by atoms with Crippen molar-refractivity contribution in [3.63, 3.8) is 0 Å². The second-order valence-corrected chi connectivity index (χ2v) is 4.78. The largest absolute Gasteiger partial charge is 0.464 e. The average Bonchev–Trinajstić information content (AvgIpc) is 2.67. The maximum Gasteiger partial charge on any atom is 0.359 e. The van der Waals surface area contributed by atoms with Crippen LogP contribution in [0.2, 0.25) is 0 Å². The summed E-state index contributed by atoms with van der Waals surface area (Å²) >= 11 is 3.37. The highest BCUT2D eigenvalue weighted by atomic mass is 79.9. The van der Waals surface area contributed by atoms with E-state index < -0.39 is 5.97 Å².